The lowest BCUT2D eigenvalue weighted by Gasteiger charge is -2.38. The van der Waals surface area contributed by atoms with Crippen LogP contribution in [0.25, 0.3) is 0 Å². The summed E-state index contributed by atoms with van der Waals surface area (Å²) < 4.78 is 18.8. The van der Waals surface area contributed by atoms with Crippen molar-refractivity contribution in [1.82, 2.24) is 10.6 Å². The Kier molecular flexibility index (Phi) is 4.54. The molecule has 1 aromatic rings. The van der Waals surface area contributed by atoms with Gasteiger partial charge in [-0.15, -0.1) is 0 Å². The van der Waals surface area contributed by atoms with Crippen LogP contribution in [0.1, 0.15) is 37.7 Å². The minimum atomic E-state index is -0.221. The van der Waals surface area contributed by atoms with Crippen molar-refractivity contribution in [1.29, 1.82) is 0 Å². The van der Waals surface area contributed by atoms with Gasteiger partial charge in [0.05, 0.1) is 0 Å². The van der Waals surface area contributed by atoms with Crippen molar-refractivity contribution in [3.05, 3.63) is 35.6 Å². The Morgan fingerprint density at radius 2 is 1.84 bits per heavy atom. The van der Waals surface area contributed by atoms with Gasteiger partial charge in [-0.3, -0.25) is 4.79 Å². The quantitative estimate of drug-likeness (QED) is 0.880. The number of amides is 1. The molecule has 2 heterocycles. The van der Waals surface area contributed by atoms with Gasteiger partial charge in [-0.1, -0.05) is 12.1 Å². The Morgan fingerprint density at radius 3 is 2.52 bits per heavy atom. The molecule has 4 nitrogen and oxygen atoms in total. The lowest BCUT2D eigenvalue weighted by molar-refractivity contribution is -0.123. The van der Waals surface area contributed by atoms with Crippen molar-refractivity contribution in [2.45, 2.75) is 37.5 Å². The average Bonchev–Trinajstić information content (AvgIpc) is 3.34. The first kappa shape index (κ1) is 17.0. The van der Waals surface area contributed by atoms with Crippen molar-refractivity contribution < 1.29 is 13.9 Å². The number of ether oxygens (including phenoxy) is 1. The van der Waals surface area contributed by atoms with Crippen LogP contribution in [0, 0.1) is 17.2 Å². The Hall–Kier alpha value is -1.46. The van der Waals surface area contributed by atoms with Gasteiger partial charge in [-0.05, 0) is 68.3 Å². The van der Waals surface area contributed by atoms with E-state index in [1.807, 2.05) is 12.1 Å². The number of hydrogen-bond acceptors (Lipinski definition) is 3. The monoisotopic (exact) mass is 346 g/mol. The molecule has 1 saturated carbocycles. The van der Waals surface area contributed by atoms with E-state index in [-0.39, 0.29) is 28.5 Å². The van der Waals surface area contributed by atoms with Crippen LogP contribution < -0.4 is 10.6 Å². The van der Waals surface area contributed by atoms with Crippen LogP contribution in [-0.2, 0) is 14.9 Å². The van der Waals surface area contributed by atoms with Gasteiger partial charge in [-0.25, -0.2) is 4.39 Å². The second-order valence-electron chi connectivity index (χ2n) is 7.99. The first-order valence-corrected chi connectivity index (χ1v) is 9.46. The zero-order valence-electron chi connectivity index (χ0n) is 14.7. The highest BCUT2D eigenvalue weighted by atomic mass is 19.1. The van der Waals surface area contributed by atoms with Crippen molar-refractivity contribution in [3.63, 3.8) is 0 Å². The molecule has 4 rings (SSSR count). The zero-order chi connectivity index (χ0) is 17.3. The summed E-state index contributed by atoms with van der Waals surface area (Å²) in [4.78, 5) is 12.7. The zero-order valence-corrected chi connectivity index (χ0v) is 14.7. The molecule has 2 aliphatic heterocycles. The SMILES string of the molecule is O=C(NCC1(c2ccc(F)cc2)CCOCC1)C1CC12CCNCC2. The third-order valence-electron chi connectivity index (χ3n) is 6.61. The Labute approximate surface area is 148 Å². The number of nitrogens with one attached hydrogen (secondary N) is 2. The number of benzene rings is 1. The topological polar surface area (TPSA) is 50.4 Å². The molecule has 1 aliphatic carbocycles. The molecule has 2 N–H and O–H groups in total. The molecule has 3 fully saturated rings. The molecule has 1 atom stereocenters. The predicted octanol–water partition coefficient (Wildman–Crippen LogP) is 2.38. The third kappa shape index (κ3) is 3.32. The molecule has 136 valence electrons. The summed E-state index contributed by atoms with van der Waals surface area (Å²) in [6.45, 7) is 4.05. The number of hydrogen-bond donors (Lipinski definition) is 2. The van der Waals surface area contributed by atoms with E-state index in [0.717, 1.165) is 50.8 Å². The molecule has 5 heteroatoms. The number of piperidine rings is 1. The highest BCUT2D eigenvalue weighted by Crippen LogP contribution is 2.58. The highest BCUT2D eigenvalue weighted by Gasteiger charge is 2.57. The molecular formula is C20H27FN2O2. The van der Waals surface area contributed by atoms with Gasteiger partial charge < -0.3 is 15.4 Å². The first-order chi connectivity index (χ1) is 12.1. The number of rotatable bonds is 4. The molecular weight excluding hydrogens is 319 g/mol. The van der Waals surface area contributed by atoms with E-state index in [0.29, 0.717) is 19.8 Å². The summed E-state index contributed by atoms with van der Waals surface area (Å²) in [5.41, 5.74) is 1.22. The van der Waals surface area contributed by atoms with E-state index in [2.05, 4.69) is 10.6 Å². The summed E-state index contributed by atoms with van der Waals surface area (Å²) in [7, 11) is 0. The van der Waals surface area contributed by atoms with Crippen LogP contribution >= 0.6 is 0 Å². The van der Waals surface area contributed by atoms with E-state index in [1.165, 1.54) is 12.1 Å². The Balaban J connectivity index is 1.43. The summed E-state index contributed by atoms with van der Waals surface area (Å²) in [5, 5.41) is 6.61. The van der Waals surface area contributed by atoms with Gasteiger partial charge in [0.15, 0.2) is 0 Å². The summed E-state index contributed by atoms with van der Waals surface area (Å²) in [6.07, 6.45) is 4.98. The van der Waals surface area contributed by atoms with Crippen molar-refractivity contribution >= 4 is 5.91 Å². The number of carbonyl (C=O) groups excluding carboxylic acids is 1. The smallest absolute Gasteiger partial charge is 0.223 e. The molecule has 1 unspecified atom stereocenters. The van der Waals surface area contributed by atoms with Crippen molar-refractivity contribution in [3.8, 4) is 0 Å². The van der Waals surface area contributed by atoms with Crippen molar-refractivity contribution in [2.24, 2.45) is 11.3 Å². The van der Waals surface area contributed by atoms with Gasteiger partial charge in [-0.2, -0.15) is 0 Å². The van der Waals surface area contributed by atoms with Crippen LogP contribution in [0.2, 0.25) is 0 Å². The van der Waals surface area contributed by atoms with Crippen LogP contribution in [0.4, 0.5) is 4.39 Å². The predicted molar refractivity (Wildman–Crippen MR) is 93.8 cm³/mol. The normalized spacial score (nSPS) is 27.0. The Bertz CT molecular complexity index is 619. The fourth-order valence-electron chi connectivity index (χ4n) is 4.71. The molecule has 1 aromatic carbocycles. The molecule has 0 bridgehead atoms. The van der Waals surface area contributed by atoms with Gasteiger partial charge in [0.25, 0.3) is 0 Å². The summed E-state index contributed by atoms with van der Waals surface area (Å²) in [6, 6.07) is 6.75. The minimum absolute atomic E-state index is 0.141. The number of carbonyl (C=O) groups is 1. The average molecular weight is 346 g/mol. The molecule has 0 radical (unpaired) electrons. The van der Waals surface area contributed by atoms with Gasteiger partial charge >= 0.3 is 0 Å². The first-order valence-electron chi connectivity index (χ1n) is 9.46. The van der Waals surface area contributed by atoms with Gasteiger partial charge in [0.2, 0.25) is 5.91 Å². The van der Waals surface area contributed by atoms with E-state index in [9.17, 15) is 9.18 Å². The molecule has 0 aromatic heterocycles. The molecule has 1 amide bonds. The lowest BCUT2D eigenvalue weighted by atomic mass is 9.74. The van der Waals surface area contributed by atoms with Crippen LogP contribution in [-0.4, -0.2) is 38.8 Å². The van der Waals surface area contributed by atoms with Crippen LogP contribution in [0.15, 0.2) is 24.3 Å². The second-order valence-corrected chi connectivity index (χ2v) is 7.99. The van der Waals surface area contributed by atoms with E-state index >= 15 is 0 Å². The van der Waals surface area contributed by atoms with Crippen LogP contribution in [0.5, 0.6) is 0 Å². The summed E-state index contributed by atoms with van der Waals surface area (Å²) >= 11 is 0. The van der Waals surface area contributed by atoms with Gasteiger partial charge in [0, 0.05) is 31.1 Å². The van der Waals surface area contributed by atoms with E-state index in [4.69, 9.17) is 4.74 Å². The maximum absolute atomic E-state index is 13.3. The molecule has 2 saturated heterocycles. The third-order valence-corrected chi connectivity index (χ3v) is 6.61. The highest BCUT2D eigenvalue weighted by molar-refractivity contribution is 5.82. The lowest BCUT2D eigenvalue weighted by Crippen LogP contribution is -2.45. The maximum Gasteiger partial charge on any atom is 0.223 e. The Morgan fingerprint density at radius 1 is 1.16 bits per heavy atom. The second kappa shape index (κ2) is 6.69. The number of halogens is 1. The minimum Gasteiger partial charge on any atom is -0.381 e. The standard InChI is InChI=1S/C20H27FN2O2/c21-16-3-1-15(2-4-16)20(7-11-25-12-8-20)14-23-18(24)17-13-19(17)5-9-22-10-6-19/h1-4,17,22H,5-14H2,(H,23,24). The fraction of sp³-hybridized carbons (Fsp3) is 0.650. The molecule has 1 spiro atoms. The molecule has 25 heavy (non-hydrogen) atoms. The van der Waals surface area contributed by atoms with Crippen LogP contribution in [0.3, 0.4) is 0 Å². The van der Waals surface area contributed by atoms with Gasteiger partial charge in [0.1, 0.15) is 5.82 Å². The van der Waals surface area contributed by atoms with E-state index < -0.39 is 0 Å². The van der Waals surface area contributed by atoms with E-state index in [1.54, 1.807) is 0 Å². The maximum atomic E-state index is 13.3. The summed E-state index contributed by atoms with van der Waals surface area (Å²) in [5.74, 6) is 0.162. The largest absolute Gasteiger partial charge is 0.381 e. The molecule has 3 aliphatic rings. The van der Waals surface area contributed by atoms with Crippen molar-refractivity contribution in [2.75, 3.05) is 32.8 Å². The fourth-order valence-corrected chi connectivity index (χ4v) is 4.71.